The normalized spacial score (nSPS) is 15.1. The number of allylic oxidation sites excluding steroid dienone is 1. The summed E-state index contributed by atoms with van der Waals surface area (Å²) in [6, 6.07) is 8.84. The second kappa shape index (κ2) is 10.6. The van der Waals surface area contributed by atoms with E-state index in [1.54, 1.807) is 0 Å². The smallest absolute Gasteiger partial charge is 0.315 e. The summed E-state index contributed by atoms with van der Waals surface area (Å²) in [4.78, 5) is 24.6. The Kier molecular flexibility index (Phi) is 8.19. The zero-order chi connectivity index (χ0) is 18.8. The van der Waals surface area contributed by atoms with Crippen LogP contribution in [0.3, 0.4) is 0 Å². The van der Waals surface area contributed by atoms with Crippen LogP contribution in [0.1, 0.15) is 51.5 Å². The quantitative estimate of drug-likeness (QED) is 0.623. The highest BCUT2D eigenvalue weighted by Gasteiger charge is 2.23. The molecule has 0 spiro atoms. The van der Waals surface area contributed by atoms with Crippen molar-refractivity contribution >= 4 is 11.9 Å². The van der Waals surface area contributed by atoms with Gasteiger partial charge in [0.05, 0.1) is 0 Å². The predicted octanol–water partition coefficient (Wildman–Crippen LogP) is 3.52. The zero-order valence-corrected chi connectivity index (χ0v) is 15.9. The summed E-state index contributed by atoms with van der Waals surface area (Å²) in [7, 11) is 0. The molecule has 26 heavy (non-hydrogen) atoms. The second-order valence-corrected chi connectivity index (χ2v) is 7.18. The summed E-state index contributed by atoms with van der Waals surface area (Å²) in [6.45, 7) is 4.94. The van der Waals surface area contributed by atoms with E-state index in [9.17, 15) is 9.59 Å². The van der Waals surface area contributed by atoms with Gasteiger partial charge in [0.25, 0.3) is 0 Å². The maximum absolute atomic E-state index is 12.5. The third kappa shape index (κ3) is 6.90. The molecular weight excluding hydrogens is 326 g/mol. The summed E-state index contributed by atoms with van der Waals surface area (Å²) in [5, 5.41) is 8.57. The molecule has 5 heteroatoms. The Balaban J connectivity index is 1.76. The Morgan fingerprint density at radius 3 is 2.50 bits per heavy atom. The minimum Gasteiger partial charge on any atom is -0.354 e. The van der Waals surface area contributed by atoms with Crippen LogP contribution in [0.15, 0.2) is 42.0 Å². The largest absolute Gasteiger partial charge is 0.354 e. The Morgan fingerprint density at radius 1 is 1.08 bits per heavy atom. The lowest BCUT2D eigenvalue weighted by molar-refractivity contribution is -0.123. The first-order chi connectivity index (χ1) is 12.6. The lowest BCUT2D eigenvalue weighted by Crippen LogP contribution is -2.52. The number of benzene rings is 1. The number of nitrogens with one attached hydrogen (secondary N) is 3. The van der Waals surface area contributed by atoms with Crippen LogP contribution in [-0.4, -0.2) is 24.5 Å². The van der Waals surface area contributed by atoms with Gasteiger partial charge in [-0.1, -0.05) is 55.8 Å². The summed E-state index contributed by atoms with van der Waals surface area (Å²) in [5.74, 6) is -0.0994. The van der Waals surface area contributed by atoms with E-state index < -0.39 is 6.04 Å². The third-order valence-corrected chi connectivity index (χ3v) is 4.66. The number of carbonyl (C=O) groups excluding carboxylic acids is 2. The van der Waals surface area contributed by atoms with Crippen LogP contribution in [0, 0.1) is 5.92 Å². The van der Waals surface area contributed by atoms with E-state index in [-0.39, 0.29) is 17.9 Å². The van der Waals surface area contributed by atoms with Gasteiger partial charge >= 0.3 is 6.03 Å². The third-order valence-electron chi connectivity index (χ3n) is 4.66. The van der Waals surface area contributed by atoms with Crippen molar-refractivity contribution < 1.29 is 9.59 Å². The van der Waals surface area contributed by atoms with Crippen LogP contribution < -0.4 is 16.0 Å². The van der Waals surface area contributed by atoms with Gasteiger partial charge in [-0.05, 0) is 43.6 Å². The molecule has 1 aliphatic carbocycles. The molecule has 1 aliphatic rings. The molecule has 3 N–H and O–H groups in total. The first-order valence-electron chi connectivity index (χ1n) is 9.60. The van der Waals surface area contributed by atoms with Crippen LogP contribution in [0.4, 0.5) is 4.79 Å². The van der Waals surface area contributed by atoms with Gasteiger partial charge in [-0.2, -0.15) is 0 Å². The monoisotopic (exact) mass is 357 g/mol. The van der Waals surface area contributed by atoms with Gasteiger partial charge in [-0.15, -0.1) is 0 Å². The summed E-state index contributed by atoms with van der Waals surface area (Å²) in [6.07, 6.45) is 8.01. The number of carbonyl (C=O) groups is 2. The van der Waals surface area contributed by atoms with Crippen LogP contribution >= 0.6 is 0 Å². The number of rotatable bonds is 8. The van der Waals surface area contributed by atoms with Crippen molar-refractivity contribution in [1.29, 1.82) is 0 Å². The average molecular weight is 357 g/mol. The van der Waals surface area contributed by atoms with Gasteiger partial charge in [-0.25, -0.2) is 4.79 Å². The van der Waals surface area contributed by atoms with Crippen molar-refractivity contribution in [1.82, 2.24) is 16.0 Å². The summed E-state index contributed by atoms with van der Waals surface area (Å²) < 4.78 is 0. The van der Waals surface area contributed by atoms with Crippen molar-refractivity contribution in [2.24, 2.45) is 5.92 Å². The molecule has 0 heterocycles. The van der Waals surface area contributed by atoms with Crippen molar-refractivity contribution in [3.05, 3.63) is 47.5 Å². The number of amides is 3. The standard InChI is InChI=1S/C21H31N3O2/c1-16(2)19(20(25)22-14-13-17-9-5-3-6-10-17)24-21(26)23-15-18-11-7-4-8-12-18/h4,7-9,11-12,16,19H,3,5-6,10,13-15H2,1-2H3,(H,22,25)(H2,23,24,26). The van der Waals surface area contributed by atoms with Crippen molar-refractivity contribution in [3.63, 3.8) is 0 Å². The van der Waals surface area contributed by atoms with Gasteiger partial charge in [0.1, 0.15) is 6.04 Å². The van der Waals surface area contributed by atoms with E-state index in [1.165, 1.54) is 18.4 Å². The molecule has 3 amide bonds. The Hall–Kier alpha value is -2.30. The first kappa shape index (κ1) is 20.0. The highest BCUT2D eigenvalue weighted by molar-refractivity contribution is 5.87. The van der Waals surface area contributed by atoms with Crippen LogP contribution in [-0.2, 0) is 11.3 Å². The highest BCUT2D eigenvalue weighted by atomic mass is 16.2. The molecule has 0 fully saturated rings. The molecule has 142 valence electrons. The fraction of sp³-hybridized carbons (Fsp3) is 0.524. The predicted molar refractivity (Wildman–Crippen MR) is 105 cm³/mol. The lowest BCUT2D eigenvalue weighted by Gasteiger charge is -2.22. The molecule has 0 bridgehead atoms. The van der Waals surface area contributed by atoms with Crippen molar-refractivity contribution in [2.75, 3.05) is 6.54 Å². The maximum Gasteiger partial charge on any atom is 0.315 e. The minimum atomic E-state index is -0.536. The molecule has 0 aliphatic heterocycles. The number of hydrogen-bond acceptors (Lipinski definition) is 2. The molecule has 2 rings (SSSR count). The Bertz CT molecular complexity index is 611. The molecule has 1 atom stereocenters. The topological polar surface area (TPSA) is 70.2 Å². The molecule has 1 aromatic carbocycles. The van der Waals surface area contributed by atoms with Crippen LogP contribution in [0.2, 0.25) is 0 Å². The molecule has 0 radical (unpaired) electrons. The molecule has 0 saturated heterocycles. The Morgan fingerprint density at radius 2 is 1.85 bits per heavy atom. The minimum absolute atomic E-state index is 0.0198. The van der Waals surface area contributed by atoms with Gasteiger partial charge in [0.2, 0.25) is 5.91 Å². The fourth-order valence-corrected chi connectivity index (χ4v) is 3.09. The SMILES string of the molecule is CC(C)C(NC(=O)NCc1ccccc1)C(=O)NCCC1=CCCCC1. The van der Waals surface area contributed by atoms with Gasteiger partial charge in [0, 0.05) is 13.1 Å². The maximum atomic E-state index is 12.5. The molecular formula is C21H31N3O2. The fourth-order valence-electron chi connectivity index (χ4n) is 3.09. The van der Waals surface area contributed by atoms with Crippen molar-refractivity contribution in [3.8, 4) is 0 Å². The molecule has 0 aromatic heterocycles. The lowest BCUT2D eigenvalue weighted by atomic mass is 9.97. The first-order valence-corrected chi connectivity index (χ1v) is 9.60. The summed E-state index contributed by atoms with van der Waals surface area (Å²) >= 11 is 0. The van der Waals surface area contributed by atoms with E-state index in [1.807, 2.05) is 44.2 Å². The van der Waals surface area contributed by atoms with E-state index in [0.29, 0.717) is 13.1 Å². The highest BCUT2D eigenvalue weighted by Crippen LogP contribution is 2.19. The van der Waals surface area contributed by atoms with Crippen molar-refractivity contribution in [2.45, 2.75) is 58.5 Å². The molecule has 1 aromatic rings. The molecule has 1 unspecified atom stereocenters. The number of urea groups is 1. The molecule has 0 saturated carbocycles. The van der Waals surface area contributed by atoms with E-state index >= 15 is 0 Å². The van der Waals surface area contributed by atoms with E-state index in [2.05, 4.69) is 22.0 Å². The average Bonchev–Trinajstić information content (AvgIpc) is 2.65. The van der Waals surface area contributed by atoms with E-state index in [4.69, 9.17) is 0 Å². The Labute approximate surface area is 156 Å². The van der Waals surface area contributed by atoms with Gasteiger partial charge in [-0.3, -0.25) is 4.79 Å². The van der Waals surface area contributed by atoms with Gasteiger partial charge < -0.3 is 16.0 Å². The number of hydrogen-bond donors (Lipinski definition) is 3. The van der Waals surface area contributed by atoms with Crippen LogP contribution in [0.25, 0.3) is 0 Å². The van der Waals surface area contributed by atoms with Crippen LogP contribution in [0.5, 0.6) is 0 Å². The van der Waals surface area contributed by atoms with E-state index in [0.717, 1.165) is 24.8 Å². The molecule has 5 nitrogen and oxygen atoms in total. The van der Waals surface area contributed by atoms with Gasteiger partial charge in [0.15, 0.2) is 0 Å². The summed E-state index contributed by atoms with van der Waals surface area (Å²) in [5.41, 5.74) is 2.46. The second-order valence-electron chi connectivity index (χ2n) is 7.18. The zero-order valence-electron chi connectivity index (χ0n) is 15.9.